The fraction of sp³-hybridized carbons (Fsp3) is 0.533. The number of nitrogens with one attached hydrogen (secondary N) is 1. The van der Waals surface area contributed by atoms with Crippen molar-refractivity contribution in [1.82, 2.24) is 9.62 Å². The molecule has 1 aliphatic heterocycles. The van der Waals surface area contributed by atoms with Gasteiger partial charge in [-0.1, -0.05) is 12.1 Å². The molecule has 0 bridgehead atoms. The molecule has 22 heavy (non-hydrogen) atoms. The van der Waals surface area contributed by atoms with Gasteiger partial charge in [-0.15, -0.1) is 0 Å². The van der Waals surface area contributed by atoms with E-state index in [2.05, 4.69) is 5.32 Å². The molecule has 1 saturated heterocycles. The summed E-state index contributed by atoms with van der Waals surface area (Å²) in [5.74, 6) is -0.833. The summed E-state index contributed by atoms with van der Waals surface area (Å²) >= 11 is 0. The highest BCUT2D eigenvalue weighted by molar-refractivity contribution is 7.88. The van der Waals surface area contributed by atoms with Gasteiger partial charge in [0, 0.05) is 19.6 Å². The molecule has 0 spiro atoms. The Morgan fingerprint density at radius 1 is 1.45 bits per heavy atom. The van der Waals surface area contributed by atoms with Crippen molar-refractivity contribution < 1.29 is 17.6 Å². The van der Waals surface area contributed by atoms with Crippen LogP contribution >= 0.6 is 0 Å². The Balaban J connectivity index is 1.93. The average molecular weight is 328 g/mol. The number of hydrogen-bond acceptors (Lipinski definition) is 3. The Morgan fingerprint density at radius 3 is 2.82 bits per heavy atom. The highest BCUT2D eigenvalue weighted by Gasteiger charge is 2.29. The predicted octanol–water partition coefficient (Wildman–Crippen LogP) is 1.42. The van der Waals surface area contributed by atoms with Crippen LogP contribution < -0.4 is 5.32 Å². The van der Waals surface area contributed by atoms with Gasteiger partial charge in [0.15, 0.2) is 0 Å². The lowest BCUT2D eigenvalue weighted by Crippen LogP contribution is -2.44. The molecule has 0 saturated carbocycles. The van der Waals surface area contributed by atoms with Crippen LogP contribution in [0.3, 0.4) is 0 Å². The molecule has 122 valence electrons. The molecule has 5 nitrogen and oxygen atoms in total. The van der Waals surface area contributed by atoms with E-state index in [1.165, 1.54) is 10.4 Å². The Labute approximate surface area is 130 Å². The lowest BCUT2D eigenvalue weighted by atomic mass is 9.98. The van der Waals surface area contributed by atoms with Gasteiger partial charge in [-0.2, -0.15) is 0 Å². The first-order valence-electron chi connectivity index (χ1n) is 7.25. The molecular weight excluding hydrogens is 307 g/mol. The van der Waals surface area contributed by atoms with Crippen molar-refractivity contribution in [2.45, 2.75) is 26.3 Å². The number of halogens is 1. The Bertz CT molecular complexity index is 661. The quantitative estimate of drug-likeness (QED) is 0.909. The average Bonchev–Trinajstić information content (AvgIpc) is 2.47. The van der Waals surface area contributed by atoms with Crippen molar-refractivity contribution in [1.29, 1.82) is 0 Å². The highest BCUT2D eigenvalue weighted by atomic mass is 32.2. The van der Waals surface area contributed by atoms with Gasteiger partial charge in [-0.3, -0.25) is 4.79 Å². The third-order valence-electron chi connectivity index (χ3n) is 3.93. The molecule has 1 amide bonds. The van der Waals surface area contributed by atoms with Crippen molar-refractivity contribution in [3.8, 4) is 0 Å². The molecule has 1 fully saturated rings. The molecule has 0 aromatic heterocycles. The fourth-order valence-corrected chi connectivity index (χ4v) is 3.45. The van der Waals surface area contributed by atoms with Crippen molar-refractivity contribution in [3.05, 3.63) is 35.1 Å². The summed E-state index contributed by atoms with van der Waals surface area (Å²) in [5, 5.41) is 2.76. The number of hydrogen-bond donors (Lipinski definition) is 1. The molecule has 1 aromatic rings. The summed E-state index contributed by atoms with van der Waals surface area (Å²) in [6, 6.07) is 4.84. The van der Waals surface area contributed by atoms with E-state index in [1.54, 1.807) is 19.1 Å². The second-order valence-corrected chi connectivity index (χ2v) is 7.74. The van der Waals surface area contributed by atoms with E-state index in [9.17, 15) is 17.6 Å². The highest BCUT2D eigenvalue weighted by Crippen LogP contribution is 2.19. The minimum Gasteiger partial charge on any atom is -0.352 e. The van der Waals surface area contributed by atoms with Gasteiger partial charge in [0.05, 0.1) is 12.2 Å². The van der Waals surface area contributed by atoms with Gasteiger partial charge < -0.3 is 5.32 Å². The lowest BCUT2D eigenvalue weighted by molar-refractivity contribution is -0.126. The second kappa shape index (κ2) is 6.75. The van der Waals surface area contributed by atoms with E-state index in [4.69, 9.17) is 0 Å². The van der Waals surface area contributed by atoms with E-state index in [-0.39, 0.29) is 30.7 Å². The molecule has 1 N–H and O–H groups in total. The van der Waals surface area contributed by atoms with Crippen LogP contribution in [0.1, 0.15) is 24.0 Å². The molecule has 1 atom stereocenters. The van der Waals surface area contributed by atoms with Crippen LogP contribution in [0.15, 0.2) is 18.2 Å². The minimum atomic E-state index is -3.27. The summed E-state index contributed by atoms with van der Waals surface area (Å²) in [6.07, 6.45) is 2.49. The maximum atomic E-state index is 13.5. The second-order valence-electron chi connectivity index (χ2n) is 5.76. The van der Waals surface area contributed by atoms with Crippen LogP contribution in [0, 0.1) is 18.7 Å². The van der Waals surface area contributed by atoms with Crippen LogP contribution in [0.25, 0.3) is 0 Å². The summed E-state index contributed by atoms with van der Waals surface area (Å²) in [6.45, 7) is 2.60. The number of rotatable bonds is 4. The maximum absolute atomic E-state index is 13.5. The number of carbonyl (C=O) groups excluding carboxylic acids is 1. The standard InChI is InChI=1S/C15H21FN2O3S/c1-11-5-6-12(8-14(11)16)9-17-15(19)13-4-3-7-18(10-13)22(2,20)21/h5-6,8,13H,3-4,7,9-10H2,1-2H3,(H,17,19). The van der Waals surface area contributed by atoms with Crippen LogP contribution in [-0.2, 0) is 21.4 Å². The summed E-state index contributed by atoms with van der Waals surface area (Å²) in [5.41, 5.74) is 1.25. The first-order chi connectivity index (χ1) is 10.3. The van der Waals surface area contributed by atoms with E-state index >= 15 is 0 Å². The number of carbonyl (C=O) groups is 1. The van der Waals surface area contributed by atoms with Crippen molar-refractivity contribution in [2.24, 2.45) is 5.92 Å². The summed E-state index contributed by atoms with van der Waals surface area (Å²) in [4.78, 5) is 12.2. The predicted molar refractivity (Wildman–Crippen MR) is 82.1 cm³/mol. The van der Waals surface area contributed by atoms with Crippen molar-refractivity contribution in [2.75, 3.05) is 19.3 Å². The topological polar surface area (TPSA) is 66.5 Å². The van der Waals surface area contributed by atoms with E-state index in [0.29, 0.717) is 30.5 Å². The summed E-state index contributed by atoms with van der Waals surface area (Å²) in [7, 11) is -3.27. The zero-order valence-corrected chi connectivity index (χ0v) is 13.6. The van der Waals surface area contributed by atoms with Crippen molar-refractivity contribution >= 4 is 15.9 Å². The molecule has 1 aliphatic rings. The van der Waals surface area contributed by atoms with Crippen LogP contribution in [0.4, 0.5) is 4.39 Å². The van der Waals surface area contributed by atoms with Crippen LogP contribution in [-0.4, -0.2) is 38.0 Å². The van der Waals surface area contributed by atoms with Gasteiger partial charge in [0.25, 0.3) is 0 Å². The number of benzene rings is 1. The molecule has 1 heterocycles. The van der Waals surface area contributed by atoms with Gasteiger partial charge >= 0.3 is 0 Å². The first kappa shape index (κ1) is 16.9. The molecular formula is C15H21FN2O3S. The smallest absolute Gasteiger partial charge is 0.224 e. The van der Waals surface area contributed by atoms with Gasteiger partial charge in [0.1, 0.15) is 5.82 Å². The molecule has 0 radical (unpaired) electrons. The zero-order chi connectivity index (χ0) is 16.3. The first-order valence-corrected chi connectivity index (χ1v) is 9.10. The SMILES string of the molecule is Cc1ccc(CNC(=O)C2CCCN(S(C)(=O)=O)C2)cc1F. The molecule has 0 aliphatic carbocycles. The lowest BCUT2D eigenvalue weighted by Gasteiger charge is -2.30. The number of nitrogens with zero attached hydrogens (tertiary/aromatic N) is 1. The van der Waals surface area contributed by atoms with Gasteiger partial charge in [-0.05, 0) is 37.0 Å². The Morgan fingerprint density at radius 2 is 2.18 bits per heavy atom. The minimum absolute atomic E-state index is 0.186. The number of aryl methyl sites for hydroxylation is 1. The van der Waals surface area contributed by atoms with Crippen LogP contribution in [0.2, 0.25) is 0 Å². The zero-order valence-electron chi connectivity index (χ0n) is 12.8. The van der Waals surface area contributed by atoms with E-state index in [1.807, 2.05) is 0 Å². The molecule has 2 rings (SSSR count). The normalized spacial score (nSPS) is 19.9. The largest absolute Gasteiger partial charge is 0.352 e. The fourth-order valence-electron chi connectivity index (χ4n) is 2.54. The number of piperidine rings is 1. The Kier molecular flexibility index (Phi) is 5.18. The summed E-state index contributed by atoms with van der Waals surface area (Å²) < 4.78 is 37.9. The van der Waals surface area contributed by atoms with Crippen LogP contribution in [0.5, 0.6) is 0 Å². The van der Waals surface area contributed by atoms with Gasteiger partial charge in [-0.25, -0.2) is 17.1 Å². The van der Waals surface area contributed by atoms with Crippen molar-refractivity contribution in [3.63, 3.8) is 0 Å². The Hall–Kier alpha value is -1.47. The number of sulfonamides is 1. The van der Waals surface area contributed by atoms with E-state index < -0.39 is 10.0 Å². The molecule has 7 heteroatoms. The molecule has 1 unspecified atom stereocenters. The third kappa shape index (κ3) is 4.27. The molecule has 1 aromatic carbocycles. The third-order valence-corrected chi connectivity index (χ3v) is 5.20. The number of amides is 1. The van der Waals surface area contributed by atoms with E-state index in [0.717, 1.165) is 6.26 Å². The monoisotopic (exact) mass is 328 g/mol. The maximum Gasteiger partial charge on any atom is 0.224 e. The van der Waals surface area contributed by atoms with Gasteiger partial charge in [0.2, 0.25) is 15.9 Å².